The number of halogens is 1. The predicted molar refractivity (Wildman–Crippen MR) is 127 cm³/mol. The standard InChI is InChI=1S/C24H24FN7O2/c1-12-17(10-30-23-22(12)28-4-5-34-23)16-7-14-8-19(29-11-18(14)21(27)20(16)25)32-24(33)31-15-3-2-13(6-15)9-26/h7-8,10-11,13,15,28H,2-6,27H2,1H3,(H2,29,31,32,33)/t13-,15+/m0/s1. The number of aromatic nitrogens is 2. The third-order valence-electron chi connectivity index (χ3n) is 6.43. The molecular weight excluding hydrogens is 437 g/mol. The van der Waals surface area contributed by atoms with Crippen molar-refractivity contribution in [3.8, 4) is 23.1 Å². The number of nitrogens with one attached hydrogen (secondary N) is 3. The van der Waals surface area contributed by atoms with Gasteiger partial charge in [-0.3, -0.25) is 5.32 Å². The van der Waals surface area contributed by atoms with Crippen LogP contribution in [0, 0.1) is 30.0 Å². The van der Waals surface area contributed by atoms with Gasteiger partial charge in [0, 0.05) is 47.4 Å². The number of nitriles is 1. The lowest BCUT2D eigenvalue weighted by atomic mass is 9.97. The fourth-order valence-corrected chi connectivity index (χ4v) is 4.62. The normalized spacial score (nSPS) is 19.0. The highest BCUT2D eigenvalue weighted by Crippen LogP contribution is 2.39. The SMILES string of the molecule is Cc1c(-c2cc3cc(NC(=O)N[C@@H]4CC[C@H](C#N)C4)ncc3c(N)c2F)cnc2c1NCCO2. The van der Waals surface area contributed by atoms with Crippen LogP contribution in [0.4, 0.5) is 26.4 Å². The summed E-state index contributed by atoms with van der Waals surface area (Å²) in [7, 11) is 0. The van der Waals surface area contributed by atoms with E-state index in [2.05, 4.69) is 32.0 Å². The van der Waals surface area contributed by atoms with Crippen LogP contribution in [0.3, 0.4) is 0 Å². The van der Waals surface area contributed by atoms with Crippen molar-refractivity contribution in [2.24, 2.45) is 5.92 Å². The van der Waals surface area contributed by atoms with E-state index in [1.54, 1.807) is 18.3 Å². The van der Waals surface area contributed by atoms with Crippen LogP contribution in [0.15, 0.2) is 24.5 Å². The zero-order valence-corrected chi connectivity index (χ0v) is 18.6. The van der Waals surface area contributed by atoms with Gasteiger partial charge in [-0.25, -0.2) is 19.2 Å². The number of benzene rings is 1. The molecule has 10 heteroatoms. The largest absolute Gasteiger partial charge is 0.474 e. The monoisotopic (exact) mass is 461 g/mol. The molecule has 5 rings (SSSR count). The van der Waals surface area contributed by atoms with E-state index in [4.69, 9.17) is 15.7 Å². The number of pyridine rings is 2. The van der Waals surface area contributed by atoms with Gasteiger partial charge in [0.15, 0.2) is 5.82 Å². The lowest BCUT2D eigenvalue weighted by Gasteiger charge is -2.22. The minimum absolute atomic E-state index is 0.0224. The summed E-state index contributed by atoms with van der Waals surface area (Å²) < 4.78 is 20.9. The van der Waals surface area contributed by atoms with Crippen LogP contribution in [-0.4, -0.2) is 35.2 Å². The molecule has 5 N–H and O–H groups in total. The maximum atomic E-state index is 15.3. The summed E-state index contributed by atoms with van der Waals surface area (Å²) in [6.45, 7) is 3.04. The predicted octanol–water partition coefficient (Wildman–Crippen LogP) is 3.94. The zero-order valence-electron chi connectivity index (χ0n) is 18.6. The first-order valence-electron chi connectivity index (χ1n) is 11.2. The molecule has 1 aromatic carbocycles. The van der Waals surface area contributed by atoms with Gasteiger partial charge in [0.25, 0.3) is 0 Å². The Morgan fingerprint density at radius 1 is 1.29 bits per heavy atom. The quantitative estimate of drug-likeness (QED) is 0.433. The molecule has 2 aromatic heterocycles. The number of ether oxygens (including phenoxy) is 1. The Balaban J connectivity index is 1.45. The van der Waals surface area contributed by atoms with Gasteiger partial charge in [0.05, 0.1) is 11.8 Å². The zero-order chi connectivity index (χ0) is 23.8. The summed E-state index contributed by atoms with van der Waals surface area (Å²) in [5, 5.41) is 19.0. The topological polar surface area (TPSA) is 138 Å². The molecule has 1 aliphatic carbocycles. The summed E-state index contributed by atoms with van der Waals surface area (Å²) in [6.07, 6.45) is 5.21. The molecule has 0 saturated heterocycles. The highest BCUT2D eigenvalue weighted by atomic mass is 19.1. The van der Waals surface area contributed by atoms with Crippen molar-refractivity contribution in [2.75, 3.05) is 29.5 Å². The molecule has 0 spiro atoms. The molecule has 34 heavy (non-hydrogen) atoms. The number of fused-ring (bicyclic) bond motifs is 2. The number of carbonyl (C=O) groups is 1. The molecule has 2 atom stereocenters. The number of nitrogens with zero attached hydrogens (tertiary/aromatic N) is 3. The molecule has 1 aliphatic heterocycles. The van der Waals surface area contributed by atoms with E-state index in [0.29, 0.717) is 53.2 Å². The maximum absolute atomic E-state index is 15.3. The molecular formula is C24H24FN7O2. The Labute approximate surface area is 195 Å². The van der Waals surface area contributed by atoms with Gasteiger partial charge in [-0.05, 0) is 49.3 Å². The van der Waals surface area contributed by atoms with Crippen LogP contribution in [0.25, 0.3) is 21.9 Å². The number of hydrogen-bond donors (Lipinski definition) is 4. The number of nitrogen functional groups attached to an aromatic ring is 1. The molecule has 9 nitrogen and oxygen atoms in total. The van der Waals surface area contributed by atoms with Crippen molar-refractivity contribution < 1.29 is 13.9 Å². The summed E-state index contributed by atoms with van der Waals surface area (Å²) in [5.41, 5.74) is 8.55. The van der Waals surface area contributed by atoms with Crippen molar-refractivity contribution >= 4 is 34.0 Å². The number of rotatable bonds is 3. The van der Waals surface area contributed by atoms with Gasteiger partial charge < -0.3 is 21.1 Å². The molecule has 174 valence electrons. The third kappa shape index (κ3) is 3.90. The first kappa shape index (κ1) is 21.7. The number of nitrogens with two attached hydrogens (primary N) is 1. The van der Waals surface area contributed by atoms with E-state index in [-0.39, 0.29) is 17.6 Å². The third-order valence-corrected chi connectivity index (χ3v) is 6.43. The van der Waals surface area contributed by atoms with Crippen molar-refractivity contribution in [1.82, 2.24) is 15.3 Å². The van der Waals surface area contributed by atoms with Crippen LogP contribution in [0.1, 0.15) is 24.8 Å². The van der Waals surface area contributed by atoms with Gasteiger partial charge >= 0.3 is 6.03 Å². The minimum atomic E-state index is -0.553. The Morgan fingerprint density at radius 2 is 2.15 bits per heavy atom. The lowest BCUT2D eigenvalue weighted by molar-refractivity contribution is 0.248. The molecule has 3 aromatic rings. The maximum Gasteiger partial charge on any atom is 0.320 e. The van der Waals surface area contributed by atoms with Gasteiger partial charge in [0.2, 0.25) is 5.88 Å². The molecule has 2 amide bonds. The summed E-state index contributed by atoms with van der Waals surface area (Å²) in [6, 6.07) is 5.14. The van der Waals surface area contributed by atoms with Crippen molar-refractivity contribution in [1.29, 1.82) is 5.26 Å². The van der Waals surface area contributed by atoms with Crippen LogP contribution in [0.2, 0.25) is 0 Å². The first-order chi connectivity index (χ1) is 16.4. The Kier molecular flexibility index (Phi) is 5.53. The van der Waals surface area contributed by atoms with Gasteiger partial charge in [-0.2, -0.15) is 5.26 Å². The number of hydrogen-bond acceptors (Lipinski definition) is 7. The van der Waals surface area contributed by atoms with E-state index in [1.807, 2.05) is 6.92 Å². The second-order valence-electron chi connectivity index (χ2n) is 8.63. The van der Waals surface area contributed by atoms with Gasteiger partial charge in [-0.15, -0.1) is 0 Å². The van der Waals surface area contributed by atoms with Gasteiger partial charge in [-0.1, -0.05) is 0 Å². The van der Waals surface area contributed by atoms with E-state index in [1.165, 1.54) is 6.20 Å². The molecule has 2 aliphatic rings. The van der Waals surface area contributed by atoms with Crippen LogP contribution in [0.5, 0.6) is 5.88 Å². The second kappa shape index (κ2) is 8.67. The molecule has 0 unspecified atom stereocenters. The van der Waals surface area contributed by atoms with Gasteiger partial charge in [0.1, 0.15) is 18.1 Å². The smallest absolute Gasteiger partial charge is 0.320 e. The molecule has 1 saturated carbocycles. The van der Waals surface area contributed by atoms with E-state index < -0.39 is 11.8 Å². The number of carbonyl (C=O) groups excluding carboxylic acids is 1. The molecule has 0 bridgehead atoms. The fraction of sp³-hybridized carbons (Fsp3) is 0.333. The summed E-state index contributed by atoms with van der Waals surface area (Å²) >= 11 is 0. The highest BCUT2D eigenvalue weighted by molar-refractivity contribution is 6.00. The second-order valence-corrected chi connectivity index (χ2v) is 8.63. The van der Waals surface area contributed by atoms with Crippen molar-refractivity contribution in [3.63, 3.8) is 0 Å². The number of amides is 2. The van der Waals surface area contributed by atoms with Crippen molar-refractivity contribution in [3.05, 3.63) is 35.9 Å². The summed E-state index contributed by atoms with van der Waals surface area (Å²) in [5.74, 6) is 0.227. The van der Waals surface area contributed by atoms with Crippen molar-refractivity contribution in [2.45, 2.75) is 32.2 Å². The Hall–Kier alpha value is -4.13. The molecule has 3 heterocycles. The van der Waals surface area contributed by atoms with Crippen LogP contribution in [-0.2, 0) is 0 Å². The van der Waals surface area contributed by atoms with Crippen LogP contribution < -0.4 is 26.4 Å². The summed E-state index contributed by atoms with van der Waals surface area (Å²) in [4.78, 5) is 21.0. The van der Waals surface area contributed by atoms with E-state index >= 15 is 4.39 Å². The molecule has 1 fully saturated rings. The number of urea groups is 1. The number of anilines is 3. The minimum Gasteiger partial charge on any atom is -0.474 e. The van der Waals surface area contributed by atoms with E-state index in [9.17, 15) is 4.79 Å². The highest BCUT2D eigenvalue weighted by Gasteiger charge is 2.26. The molecule has 0 radical (unpaired) electrons. The van der Waals surface area contributed by atoms with E-state index in [0.717, 1.165) is 24.1 Å². The fourth-order valence-electron chi connectivity index (χ4n) is 4.62. The Morgan fingerprint density at radius 3 is 2.94 bits per heavy atom. The Bertz CT molecular complexity index is 1340. The van der Waals surface area contributed by atoms with Crippen LogP contribution >= 0.6 is 0 Å². The lowest BCUT2D eigenvalue weighted by Crippen LogP contribution is -2.36. The average molecular weight is 462 g/mol. The average Bonchev–Trinajstić information content (AvgIpc) is 3.29. The first-order valence-corrected chi connectivity index (χ1v) is 11.2.